The first-order valence-corrected chi connectivity index (χ1v) is 11.4. The fourth-order valence-electron chi connectivity index (χ4n) is 4.17. The van der Waals surface area contributed by atoms with Gasteiger partial charge in [0.05, 0.1) is 30.2 Å². The van der Waals surface area contributed by atoms with E-state index in [9.17, 15) is 4.79 Å². The molecule has 1 fully saturated rings. The van der Waals surface area contributed by atoms with Crippen molar-refractivity contribution in [3.8, 4) is 11.3 Å². The molecule has 1 amide bonds. The number of nitrogens with two attached hydrogens (primary N) is 1. The Kier molecular flexibility index (Phi) is 6.15. The number of primary amides is 1. The van der Waals surface area contributed by atoms with E-state index in [1.165, 1.54) is 0 Å². The number of pyridine rings is 1. The maximum atomic E-state index is 12.4. The third-order valence-corrected chi connectivity index (χ3v) is 5.98. The zero-order chi connectivity index (χ0) is 24.4. The van der Waals surface area contributed by atoms with E-state index in [-0.39, 0.29) is 11.5 Å². The predicted octanol–water partition coefficient (Wildman–Crippen LogP) is 2.54. The molecule has 0 unspecified atom stereocenters. The molecule has 1 saturated heterocycles. The largest absolute Gasteiger partial charge is 0.380 e. The quantitative estimate of drug-likeness (QED) is 0.386. The Balaban J connectivity index is 1.49. The number of benzene rings is 1. The van der Waals surface area contributed by atoms with Gasteiger partial charge in [-0.3, -0.25) is 9.78 Å². The van der Waals surface area contributed by atoms with Crippen molar-refractivity contribution in [3.63, 3.8) is 0 Å². The van der Waals surface area contributed by atoms with Crippen molar-refractivity contribution >= 4 is 40.0 Å². The van der Waals surface area contributed by atoms with Gasteiger partial charge in [-0.25, -0.2) is 15.0 Å². The molecule has 35 heavy (non-hydrogen) atoms. The fraction of sp³-hybridized carbons (Fsp3) is 0.292. The molecule has 5 rings (SSSR count). The second-order valence-electron chi connectivity index (χ2n) is 8.27. The van der Waals surface area contributed by atoms with E-state index in [4.69, 9.17) is 10.5 Å². The summed E-state index contributed by atoms with van der Waals surface area (Å²) in [7, 11) is 3.63. The summed E-state index contributed by atoms with van der Waals surface area (Å²) in [5.74, 6) is 0.0487. The number of hydrogen-bond donors (Lipinski definition) is 3. The van der Waals surface area contributed by atoms with E-state index in [2.05, 4.69) is 35.5 Å². The molecule has 0 saturated carbocycles. The Hall–Kier alpha value is -4.25. The van der Waals surface area contributed by atoms with Crippen molar-refractivity contribution in [2.45, 2.75) is 6.42 Å². The standard InChI is InChI=1S/C24H27N9O2/c1-26-23-20(17-12-27-13-18-19(17)28-14-32(18)2)30-21(22(25)34)24(31-23)29-15-4-6-16(7-5-15)33-8-3-10-35-11-9-33/h4-7,12-14H,3,8-11H2,1-2H3,(H2,25,34)(H2,26,29,31). The first-order chi connectivity index (χ1) is 17.0. The molecule has 1 aromatic carbocycles. The lowest BCUT2D eigenvalue weighted by Gasteiger charge is -2.22. The number of rotatable bonds is 6. The van der Waals surface area contributed by atoms with Gasteiger partial charge < -0.3 is 30.6 Å². The fourth-order valence-corrected chi connectivity index (χ4v) is 4.17. The minimum Gasteiger partial charge on any atom is -0.380 e. The lowest BCUT2D eigenvalue weighted by molar-refractivity contribution is 0.0996. The number of carbonyl (C=O) groups is 1. The summed E-state index contributed by atoms with van der Waals surface area (Å²) >= 11 is 0. The van der Waals surface area contributed by atoms with Gasteiger partial charge in [0, 0.05) is 51.4 Å². The number of aryl methyl sites for hydroxylation is 1. The van der Waals surface area contributed by atoms with Crippen LogP contribution >= 0.6 is 0 Å². The van der Waals surface area contributed by atoms with Gasteiger partial charge in [-0.15, -0.1) is 0 Å². The Morgan fingerprint density at radius 2 is 1.91 bits per heavy atom. The van der Waals surface area contributed by atoms with Gasteiger partial charge in [0.1, 0.15) is 11.2 Å². The summed E-state index contributed by atoms with van der Waals surface area (Å²) in [4.78, 5) is 32.7. The summed E-state index contributed by atoms with van der Waals surface area (Å²) in [5.41, 5.74) is 10.3. The number of fused-ring (bicyclic) bond motifs is 1. The van der Waals surface area contributed by atoms with Crippen LogP contribution < -0.4 is 21.3 Å². The summed E-state index contributed by atoms with van der Waals surface area (Å²) in [6, 6.07) is 7.95. The van der Waals surface area contributed by atoms with Gasteiger partial charge in [-0.1, -0.05) is 0 Å². The van der Waals surface area contributed by atoms with Crippen LogP contribution in [0.2, 0.25) is 0 Å². The van der Waals surface area contributed by atoms with E-state index < -0.39 is 5.91 Å². The monoisotopic (exact) mass is 473 g/mol. The number of nitrogens with zero attached hydrogens (tertiary/aromatic N) is 6. The van der Waals surface area contributed by atoms with E-state index in [1.807, 2.05) is 35.9 Å². The smallest absolute Gasteiger partial charge is 0.271 e. The molecule has 0 spiro atoms. The molecule has 1 aliphatic rings. The molecule has 180 valence electrons. The van der Waals surface area contributed by atoms with Crippen LogP contribution in [0.25, 0.3) is 22.3 Å². The van der Waals surface area contributed by atoms with Crippen LogP contribution in [0.4, 0.5) is 23.0 Å². The zero-order valence-corrected chi connectivity index (χ0v) is 19.7. The normalized spacial score (nSPS) is 14.1. The van der Waals surface area contributed by atoms with Crippen LogP contribution in [0, 0.1) is 0 Å². The van der Waals surface area contributed by atoms with Crippen LogP contribution in [0.15, 0.2) is 43.0 Å². The Morgan fingerprint density at radius 3 is 2.69 bits per heavy atom. The summed E-state index contributed by atoms with van der Waals surface area (Å²) in [6.45, 7) is 3.32. The van der Waals surface area contributed by atoms with Crippen molar-refractivity contribution in [2.75, 3.05) is 48.9 Å². The Morgan fingerprint density at radius 1 is 1.09 bits per heavy atom. The number of aromatic nitrogens is 5. The zero-order valence-electron chi connectivity index (χ0n) is 19.7. The van der Waals surface area contributed by atoms with Crippen LogP contribution in [0.3, 0.4) is 0 Å². The molecule has 0 atom stereocenters. The van der Waals surface area contributed by atoms with Gasteiger partial charge in [0.2, 0.25) is 0 Å². The molecule has 0 aliphatic carbocycles. The minimum absolute atomic E-state index is 0.0284. The van der Waals surface area contributed by atoms with E-state index in [0.717, 1.165) is 49.6 Å². The average Bonchev–Trinajstić information content (AvgIpc) is 3.07. The highest BCUT2D eigenvalue weighted by atomic mass is 16.5. The lowest BCUT2D eigenvalue weighted by Crippen LogP contribution is -2.25. The van der Waals surface area contributed by atoms with Gasteiger partial charge in [-0.05, 0) is 30.7 Å². The second kappa shape index (κ2) is 9.55. The Labute approximate surface area is 202 Å². The van der Waals surface area contributed by atoms with Gasteiger partial charge >= 0.3 is 0 Å². The molecule has 4 aromatic rings. The molecular weight excluding hydrogens is 446 g/mol. The number of imidazole rings is 1. The van der Waals surface area contributed by atoms with E-state index in [0.29, 0.717) is 22.6 Å². The third kappa shape index (κ3) is 4.45. The Bertz CT molecular complexity index is 1360. The number of anilines is 4. The number of hydrogen-bond acceptors (Lipinski definition) is 9. The maximum absolute atomic E-state index is 12.4. The number of amides is 1. The average molecular weight is 474 g/mol. The second-order valence-corrected chi connectivity index (χ2v) is 8.27. The first-order valence-electron chi connectivity index (χ1n) is 11.4. The third-order valence-electron chi connectivity index (χ3n) is 5.98. The van der Waals surface area contributed by atoms with Crippen LogP contribution in [0.5, 0.6) is 0 Å². The summed E-state index contributed by atoms with van der Waals surface area (Å²) < 4.78 is 7.41. The highest BCUT2D eigenvalue weighted by Crippen LogP contribution is 2.32. The molecule has 3 aromatic heterocycles. The number of carbonyl (C=O) groups excluding carboxylic acids is 1. The van der Waals surface area contributed by atoms with Crippen molar-refractivity contribution < 1.29 is 9.53 Å². The predicted molar refractivity (Wildman–Crippen MR) is 135 cm³/mol. The van der Waals surface area contributed by atoms with E-state index >= 15 is 0 Å². The van der Waals surface area contributed by atoms with Gasteiger partial charge in [0.15, 0.2) is 17.3 Å². The topological polar surface area (TPSA) is 136 Å². The molecule has 4 N–H and O–H groups in total. The van der Waals surface area contributed by atoms with Crippen molar-refractivity contribution in [1.82, 2.24) is 24.5 Å². The molecule has 11 heteroatoms. The number of nitrogens with one attached hydrogen (secondary N) is 2. The molecular formula is C24H27N9O2. The van der Waals surface area contributed by atoms with Crippen LogP contribution in [-0.2, 0) is 11.8 Å². The van der Waals surface area contributed by atoms with Crippen molar-refractivity contribution in [1.29, 1.82) is 0 Å². The van der Waals surface area contributed by atoms with Crippen LogP contribution in [0.1, 0.15) is 16.9 Å². The van der Waals surface area contributed by atoms with Gasteiger partial charge in [-0.2, -0.15) is 0 Å². The number of ether oxygens (including phenoxy) is 1. The van der Waals surface area contributed by atoms with Crippen molar-refractivity contribution in [3.05, 3.63) is 48.7 Å². The van der Waals surface area contributed by atoms with E-state index in [1.54, 1.807) is 25.8 Å². The lowest BCUT2D eigenvalue weighted by atomic mass is 10.1. The summed E-state index contributed by atoms with van der Waals surface area (Å²) in [6.07, 6.45) is 6.09. The highest BCUT2D eigenvalue weighted by Gasteiger charge is 2.21. The maximum Gasteiger partial charge on any atom is 0.271 e. The SMILES string of the molecule is CNc1nc(Nc2ccc(N3CCCOCC3)cc2)c(C(N)=O)nc1-c1cncc2c1ncn2C. The van der Waals surface area contributed by atoms with Gasteiger partial charge in [0.25, 0.3) is 5.91 Å². The molecule has 4 heterocycles. The first kappa shape index (κ1) is 22.5. The van der Waals surface area contributed by atoms with Crippen molar-refractivity contribution in [2.24, 2.45) is 12.8 Å². The minimum atomic E-state index is -0.689. The molecule has 11 nitrogen and oxygen atoms in total. The summed E-state index contributed by atoms with van der Waals surface area (Å²) in [5, 5.41) is 6.27. The van der Waals surface area contributed by atoms with Crippen LogP contribution in [-0.4, -0.2) is 63.8 Å². The highest BCUT2D eigenvalue weighted by molar-refractivity contribution is 5.99. The molecule has 1 aliphatic heterocycles. The molecule has 0 radical (unpaired) electrons. The molecule has 0 bridgehead atoms.